The predicted molar refractivity (Wildman–Crippen MR) is 98.7 cm³/mol. The van der Waals surface area contributed by atoms with E-state index in [1.807, 2.05) is 38.2 Å². The Labute approximate surface area is 145 Å². The topological polar surface area (TPSA) is 96.2 Å². The van der Waals surface area contributed by atoms with Gasteiger partial charge < -0.3 is 21.7 Å². The van der Waals surface area contributed by atoms with Gasteiger partial charge in [0.1, 0.15) is 5.00 Å². The van der Waals surface area contributed by atoms with Gasteiger partial charge in [-0.25, -0.2) is 0 Å². The van der Waals surface area contributed by atoms with Crippen molar-refractivity contribution in [1.82, 2.24) is 5.32 Å². The van der Waals surface area contributed by atoms with E-state index in [1.165, 1.54) is 10.4 Å². The van der Waals surface area contributed by atoms with E-state index < -0.39 is 0 Å². The van der Waals surface area contributed by atoms with Gasteiger partial charge in [0.2, 0.25) is 6.41 Å². The molecule has 0 aliphatic carbocycles. The molecule has 1 aliphatic heterocycles. The van der Waals surface area contributed by atoms with Crippen LogP contribution in [-0.4, -0.2) is 25.9 Å². The second-order valence-corrected chi connectivity index (χ2v) is 6.48. The monoisotopic (exact) mass is 346 g/mol. The fourth-order valence-corrected chi connectivity index (χ4v) is 3.67. The average molecular weight is 346 g/mol. The molecule has 0 atom stereocenters. The van der Waals surface area contributed by atoms with Crippen LogP contribution in [0.5, 0.6) is 0 Å². The second kappa shape index (κ2) is 8.47. The van der Waals surface area contributed by atoms with E-state index in [4.69, 9.17) is 5.73 Å². The van der Waals surface area contributed by atoms with Gasteiger partial charge in [-0.3, -0.25) is 9.59 Å². The van der Waals surface area contributed by atoms with Crippen molar-refractivity contribution < 1.29 is 9.59 Å². The van der Waals surface area contributed by atoms with E-state index in [1.54, 1.807) is 11.3 Å². The number of amides is 2. The molecule has 0 radical (unpaired) electrons. The van der Waals surface area contributed by atoms with Crippen molar-refractivity contribution in [3.8, 4) is 0 Å². The molecule has 1 aromatic heterocycles. The summed E-state index contributed by atoms with van der Waals surface area (Å²) in [7, 11) is 1.82. The minimum absolute atomic E-state index is 0.325. The number of carbonyl (C=O) groups excluding carboxylic acids is 2. The minimum Gasteiger partial charge on any atom is -0.379 e. The van der Waals surface area contributed by atoms with Crippen LogP contribution in [0.25, 0.3) is 0 Å². The Bertz CT molecular complexity index is 710. The van der Waals surface area contributed by atoms with Crippen LogP contribution < -0.4 is 21.7 Å². The molecule has 0 unspecified atom stereocenters. The molecule has 0 saturated heterocycles. The lowest BCUT2D eigenvalue weighted by Crippen LogP contribution is -2.24. The van der Waals surface area contributed by atoms with Gasteiger partial charge in [0.15, 0.2) is 0 Å². The van der Waals surface area contributed by atoms with Crippen molar-refractivity contribution >= 4 is 34.3 Å². The first-order valence-corrected chi connectivity index (χ1v) is 8.48. The zero-order valence-corrected chi connectivity index (χ0v) is 14.6. The largest absolute Gasteiger partial charge is 0.379 e. The highest BCUT2D eigenvalue weighted by molar-refractivity contribution is 7.16. The smallest absolute Gasteiger partial charge is 0.251 e. The standard InChI is InChI=1S/C9H13N3OS.C8H9NO/c1-11-9-7(8(10)13)5-2-3-12-4-6(5)14-9;1-7-2-4-8(5-3-7)9-6-10/h11-12H,2-4H2,1H3,(H2,10,13);2-6H,1H3,(H,9,10). The lowest BCUT2D eigenvalue weighted by atomic mass is 10.0. The molecule has 128 valence electrons. The van der Waals surface area contributed by atoms with Gasteiger partial charge in [-0.2, -0.15) is 0 Å². The molecule has 3 rings (SSSR count). The highest BCUT2D eigenvalue weighted by Crippen LogP contribution is 2.34. The molecule has 2 heterocycles. The number of fused-ring (bicyclic) bond motifs is 1. The first-order valence-electron chi connectivity index (χ1n) is 7.66. The van der Waals surface area contributed by atoms with Gasteiger partial charge in [0, 0.05) is 24.2 Å². The summed E-state index contributed by atoms with van der Waals surface area (Å²) in [5.41, 5.74) is 9.21. The van der Waals surface area contributed by atoms with Crippen molar-refractivity contribution in [2.24, 2.45) is 5.73 Å². The average Bonchev–Trinajstić information content (AvgIpc) is 2.96. The fraction of sp³-hybridized carbons (Fsp3) is 0.294. The molecule has 2 amide bonds. The van der Waals surface area contributed by atoms with E-state index in [-0.39, 0.29) is 5.91 Å². The summed E-state index contributed by atoms with van der Waals surface area (Å²) >= 11 is 1.62. The Kier molecular flexibility index (Phi) is 6.34. The van der Waals surface area contributed by atoms with Crippen LogP contribution in [0.15, 0.2) is 24.3 Å². The SMILES string of the molecule is CNc1sc2c(c1C(N)=O)CCNC2.Cc1ccc(NC=O)cc1. The highest BCUT2D eigenvalue weighted by atomic mass is 32.1. The number of hydrogen-bond acceptors (Lipinski definition) is 5. The number of thiophene rings is 1. The van der Waals surface area contributed by atoms with E-state index in [9.17, 15) is 9.59 Å². The second-order valence-electron chi connectivity index (χ2n) is 5.38. The fourth-order valence-electron chi connectivity index (χ4n) is 2.49. The molecule has 24 heavy (non-hydrogen) atoms. The minimum atomic E-state index is -0.325. The van der Waals surface area contributed by atoms with Crippen LogP contribution in [0.4, 0.5) is 10.7 Å². The lowest BCUT2D eigenvalue weighted by Gasteiger charge is -2.12. The molecule has 0 saturated carbocycles. The Balaban J connectivity index is 0.000000185. The number of nitrogens with one attached hydrogen (secondary N) is 3. The summed E-state index contributed by atoms with van der Waals surface area (Å²) in [5.74, 6) is -0.325. The maximum Gasteiger partial charge on any atom is 0.251 e. The van der Waals surface area contributed by atoms with Gasteiger partial charge in [-0.1, -0.05) is 17.7 Å². The quantitative estimate of drug-likeness (QED) is 0.638. The number of rotatable bonds is 4. The van der Waals surface area contributed by atoms with Crippen LogP contribution >= 0.6 is 11.3 Å². The van der Waals surface area contributed by atoms with Crippen molar-refractivity contribution in [2.75, 3.05) is 24.2 Å². The Morgan fingerprint density at radius 3 is 2.62 bits per heavy atom. The van der Waals surface area contributed by atoms with Gasteiger partial charge in [-0.05, 0) is 37.6 Å². The zero-order valence-electron chi connectivity index (χ0n) is 13.8. The molecular weight excluding hydrogens is 324 g/mol. The summed E-state index contributed by atoms with van der Waals surface area (Å²) in [4.78, 5) is 22.5. The molecule has 0 spiro atoms. The molecule has 2 aromatic rings. The molecule has 5 N–H and O–H groups in total. The summed E-state index contributed by atoms with van der Waals surface area (Å²) in [6, 6.07) is 7.63. The van der Waals surface area contributed by atoms with Crippen molar-refractivity contribution in [1.29, 1.82) is 0 Å². The van der Waals surface area contributed by atoms with Gasteiger partial charge >= 0.3 is 0 Å². The highest BCUT2D eigenvalue weighted by Gasteiger charge is 2.22. The van der Waals surface area contributed by atoms with E-state index in [0.29, 0.717) is 12.0 Å². The molecule has 0 fully saturated rings. The number of primary amides is 1. The maximum atomic E-state index is 11.3. The molecular formula is C17H22N4O2S. The molecule has 0 bridgehead atoms. The number of hydrogen-bond donors (Lipinski definition) is 4. The van der Waals surface area contributed by atoms with E-state index in [0.717, 1.165) is 35.8 Å². The van der Waals surface area contributed by atoms with Crippen molar-refractivity contribution in [3.05, 3.63) is 45.8 Å². The Morgan fingerprint density at radius 1 is 1.33 bits per heavy atom. The third kappa shape index (κ3) is 4.33. The van der Waals surface area contributed by atoms with Crippen molar-refractivity contribution in [2.45, 2.75) is 19.9 Å². The molecule has 1 aliphatic rings. The van der Waals surface area contributed by atoms with E-state index in [2.05, 4.69) is 16.0 Å². The third-order valence-electron chi connectivity index (χ3n) is 3.68. The number of benzene rings is 1. The summed E-state index contributed by atoms with van der Waals surface area (Å²) < 4.78 is 0. The predicted octanol–water partition coefficient (Wildman–Crippen LogP) is 2.10. The normalized spacial score (nSPS) is 12.4. The zero-order chi connectivity index (χ0) is 17.5. The maximum absolute atomic E-state index is 11.3. The number of aryl methyl sites for hydroxylation is 1. The van der Waals surface area contributed by atoms with Gasteiger partial charge in [0.05, 0.1) is 5.56 Å². The van der Waals surface area contributed by atoms with Gasteiger partial charge in [-0.15, -0.1) is 11.3 Å². The molecule has 1 aromatic carbocycles. The number of nitrogens with two attached hydrogens (primary N) is 1. The summed E-state index contributed by atoms with van der Waals surface area (Å²) in [5, 5.41) is 9.75. The number of anilines is 2. The van der Waals surface area contributed by atoms with Crippen LogP contribution in [-0.2, 0) is 17.8 Å². The third-order valence-corrected chi connectivity index (χ3v) is 4.93. The van der Waals surface area contributed by atoms with Crippen LogP contribution in [0.2, 0.25) is 0 Å². The first-order chi connectivity index (χ1) is 11.6. The van der Waals surface area contributed by atoms with Crippen LogP contribution in [0, 0.1) is 6.92 Å². The van der Waals surface area contributed by atoms with Crippen molar-refractivity contribution in [3.63, 3.8) is 0 Å². The Morgan fingerprint density at radius 2 is 2.04 bits per heavy atom. The van der Waals surface area contributed by atoms with Gasteiger partial charge in [0.25, 0.3) is 5.91 Å². The Hall–Kier alpha value is -2.38. The van der Waals surface area contributed by atoms with E-state index >= 15 is 0 Å². The molecule has 6 nitrogen and oxygen atoms in total. The lowest BCUT2D eigenvalue weighted by molar-refractivity contribution is -0.105. The van der Waals surface area contributed by atoms with Crippen LogP contribution in [0.3, 0.4) is 0 Å². The van der Waals surface area contributed by atoms with Crippen LogP contribution in [0.1, 0.15) is 26.4 Å². The summed E-state index contributed by atoms with van der Waals surface area (Å²) in [6.45, 7) is 3.78. The first kappa shape index (κ1) is 18.0. The summed E-state index contributed by atoms with van der Waals surface area (Å²) in [6.07, 6.45) is 1.57. The molecule has 7 heteroatoms. The number of carbonyl (C=O) groups is 2.